The van der Waals surface area contributed by atoms with Crippen LogP contribution >= 0.6 is 0 Å². The van der Waals surface area contributed by atoms with Crippen molar-refractivity contribution in [1.29, 1.82) is 0 Å². The zero-order valence-corrected chi connectivity index (χ0v) is 15.4. The molecule has 1 saturated heterocycles. The Hall–Kier alpha value is -2.40. The van der Waals surface area contributed by atoms with Gasteiger partial charge in [-0.05, 0) is 63.5 Å². The van der Waals surface area contributed by atoms with Crippen molar-refractivity contribution < 1.29 is 9.53 Å². The molecule has 0 spiro atoms. The lowest BCUT2D eigenvalue weighted by molar-refractivity contribution is -0.136. The first-order valence-corrected chi connectivity index (χ1v) is 9.32. The predicted molar refractivity (Wildman–Crippen MR) is 102 cm³/mol. The van der Waals surface area contributed by atoms with Gasteiger partial charge in [-0.3, -0.25) is 9.78 Å². The zero-order valence-electron chi connectivity index (χ0n) is 15.4. The minimum absolute atomic E-state index is 0.0168. The normalized spacial score (nSPS) is 17.3. The van der Waals surface area contributed by atoms with Crippen LogP contribution in [0.3, 0.4) is 0 Å². The molecule has 0 bridgehead atoms. The molecule has 5 heteroatoms. The summed E-state index contributed by atoms with van der Waals surface area (Å²) in [5.74, 6) is 0.743. The maximum absolute atomic E-state index is 13.0. The number of hydrogen-bond acceptors (Lipinski definition) is 4. The fourth-order valence-corrected chi connectivity index (χ4v) is 3.26. The zero-order chi connectivity index (χ0) is 18.2. The quantitative estimate of drug-likeness (QED) is 0.867. The summed E-state index contributed by atoms with van der Waals surface area (Å²) in [6, 6.07) is 13.8. The second-order valence-electron chi connectivity index (χ2n) is 6.78. The van der Waals surface area contributed by atoms with Crippen molar-refractivity contribution in [3.05, 3.63) is 59.9 Å². The molecule has 1 unspecified atom stereocenters. The maximum atomic E-state index is 13.0. The average Bonchev–Trinajstić information content (AvgIpc) is 2.95. The number of rotatable bonds is 6. The summed E-state index contributed by atoms with van der Waals surface area (Å²) in [5, 5.41) is 3.41. The number of ether oxygens (including phenoxy) is 1. The molecule has 1 atom stereocenters. The molecule has 3 rings (SSSR count). The van der Waals surface area contributed by atoms with E-state index in [0.29, 0.717) is 6.54 Å². The van der Waals surface area contributed by atoms with Crippen LogP contribution in [0.15, 0.2) is 48.7 Å². The Morgan fingerprint density at radius 1 is 1.19 bits per heavy atom. The van der Waals surface area contributed by atoms with Crippen molar-refractivity contribution in [2.45, 2.75) is 38.8 Å². The van der Waals surface area contributed by atoms with E-state index in [1.54, 1.807) is 6.20 Å². The largest absolute Gasteiger partial charge is 0.484 e. The molecule has 5 nitrogen and oxygen atoms in total. The van der Waals surface area contributed by atoms with Crippen molar-refractivity contribution in [3.63, 3.8) is 0 Å². The van der Waals surface area contributed by atoms with Gasteiger partial charge in [-0.25, -0.2) is 0 Å². The molecule has 1 aromatic carbocycles. The molecular weight excluding hydrogens is 326 g/mol. The molecule has 2 heterocycles. The fraction of sp³-hybridized carbons (Fsp3) is 0.429. The summed E-state index contributed by atoms with van der Waals surface area (Å²) >= 11 is 0. The highest BCUT2D eigenvalue weighted by Gasteiger charge is 2.25. The van der Waals surface area contributed by atoms with Gasteiger partial charge >= 0.3 is 0 Å². The smallest absolute Gasteiger partial charge is 0.261 e. The van der Waals surface area contributed by atoms with Crippen LogP contribution in [-0.2, 0) is 11.3 Å². The summed E-state index contributed by atoms with van der Waals surface area (Å²) < 4.78 is 5.74. The van der Waals surface area contributed by atoms with Crippen molar-refractivity contribution >= 4 is 5.91 Å². The van der Waals surface area contributed by atoms with Gasteiger partial charge in [0.25, 0.3) is 5.91 Å². The third kappa shape index (κ3) is 5.30. The monoisotopic (exact) mass is 353 g/mol. The highest BCUT2D eigenvalue weighted by molar-refractivity contribution is 5.78. The summed E-state index contributed by atoms with van der Waals surface area (Å²) in [7, 11) is 0. The summed E-state index contributed by atoms with van der Waals surface area (Å²) in [6.45, 7) is 4.57. The van der Waals surface area contributed by atoms with E-state index in [9.17, 15) is 4.79 Å². The molecule has 1 fully saturated rings. The molecular formula is C21H27N3O2. The van der Waals surface area contributed by atoms with E-state index in [4.69, 9.17) is 4.74 Å². The first-order valence-electron chi connectivity index (χ1n) is 9.32. The highest BCUT2D eigenvalue weighted by Crippen LogP contribution is 2.18. The van der Waals surface area contributed by atoms with E-state index in [1.807, 2.05) is 54.3 Å². The van der Waals surface area contributed by atoms with Crippen LogP contribution in [0, 0.1) is 6.92 Å². The van der Waals surface area contributed by atoms with E-state index in [0.717, 1.165) is 43.8 Å². The van der Waals surface area contributed by atoms with Crippen LogP contribution in [0.1, 0.15) is 30.5 Å². The van der Waals surface area contributed by atoms with E-state index < -0.39 is 0 Å². The number of amides is 1. The van der Waals surface area contributed by atoms with Gasteiger partial charge in [-0.15, -0.1) is 0 Å². The van der Waals surface area contributed by atoms with Crippen LogP contribution in [0.2, 0.25) is 0 Å². The van der Waals surface area contributed by atoms with Crippen LogP contribution in [-0.4, -0.2) is 41.5 Å². The van der Waals surface area contributed by atoms with Gasteiger partial charge in [0.1, 0.15) is 5.75 Å². The van der Waals surface area contributed by atoms with Crippen molar-refractivity contribution in [1.82, 2.24) is 15.2 Å². The predicted octanol–water partition coefficient (Wildman–Crippen LogP) is 2.94. The van der Waals surface area contributed by atoms with Gasteiger partial charge in [0, 0.05) is 12.2 Å². The van der Waals surface area contributed by atoms with Crippen LogP contribution in [0.5, 0.6) is 5.75 Å². The number of hydrogen-bond donors (Lipinski definition) is 1. The number of aromatic nitrogens is 1. The Bertz CT molecular complexity index is 680. The first-order chi connectivity index (χ1) is 12.7. The van der Waals surface area contributed by atoms with E-state index in [-0.39, 0.29) is 18.6 Å². The Labute approximate surface area is 155 Å². The van der Waals surface area contributed by atoms with Gasteiger partial charge in [0.2, 0.25) is 0 Å². The first kappa shape index (κ1) is 18.4. The minimum Gasteiger partial charge on any atom is -0.484 e. The summed E-state index contributed by atoms with van der Waals surface area (Å²) in [4.78, 5) is 19.3. The number of nitrogens with zero attached hydrogens (tertiary/aromatic N) is 2. The molecule has 0 radical (unpaired) electrons. The second-order valence-corrected chi connectivity index (χ2v) is 6.78. The topological polar surface area (TPSA) is 54.5 Å². The number of carbonyl (C=O) groups excluding carboxylic acids is 1. The highest BCUT2D eigenvalue weighted by atomic mass is 16.5. The Morgan fingerprint density at radius 2 is 2.04 bits per heavy atom. The number of carbonyl (C=O) groups is 1. The molecule has 2 aromatic rings. The Kier molecular flexibility index (Phi) is 6.61. The fourth-order valence-electron chi connectivity index (χ4n) is 3.26. The van der Waals surface area contributed by atoms with Crippen LogP contribution in [0.4, 0.5) is 0 Å². The standard InChI is InChI=1S/C21H27N3O2/c1-17-7-9-20(10-8-17)26-16-21(25)24(15-18-5-2-3-13-23-18)19-6-4-12-22-14-11-19/h2-3,5,7-10,13,19,22H,4,6,11-12,14-16H2,1H3. The van der Waals surface area contributed by atoms with Crippen LogP contribution < -0.4 is 10.1 Å². The van der Waals surface area contributed by atoms with E-state index in [1.165, 1.54) is 5.56 Å². The second kappa shape index (κ2) is 9.34. The van der Waals surface area contributed by atoms with Gasteiger partial charge in [0.15, 0.2) is 6.61 Å². The molecule has 138 valence electrons. The van der Waals surface area contributed by atoms with Gasteiger partial charge < -0.3 is 15.0 Å². The number of nitrogens with one attached hydrogen (secondary N) is 1. The average molecular weight is 353 g/mol. The summed E-state index contributed by atoms with van der Waals surface area (Å²) in [5.41, 5.74) is 2.08. The lowest BCUT2D eigenvalue weighted by Crippen LogP contribution is -2.43. The minimum atomic E-state index is 0.0168. The molecule has 26 heavy (non-hydrogen) atoms. The maximum Gasteiger partial charge on any atom is 0.261 e. The lowest BCUT2D eigenvalue weighted by atomic mass is 10.1. The molecule has 1 N–H and O–H groups in total. The van der Waals surface area contributed by atoms with E-state index in [2.05, 4.69) is 10.3 Å². The summed E-state index contributed by atoms with van der Waals surface area (Å²) in [6.07, 6.45) is 4.82. The van der Waals surface area contributed by atoms with E-state index >= 15 is 0 Å². The number of aryl methyl sites for hydroxylation is 1. The van der Waals surface area contributed by atoms with Gasteiger partial charge in [-0.1, -0.05) is 23.8 Å². The molecule has 1 aromatic heterocycles. The van der Waals surface area contributed by atoms with Gasteiger partial charge in [0.05, 0.1) is 12.2 Å². The van der Waals surface area contributed by atoms with Gasteiger partial charge in [-0.2, -0.15) is 0 Å². The molecule has 0 aliphatic carbocycles. The SMILES string of the molecule is Cc1ccc(OCC(=O)N(Cc2ccccn2)C2CCCNCC2)cc1. The Balaban J connectivity index is 1.68. The van der Waals surface area contributed by atoms with Crippen molar-refractivity contribution in [2.75, 3.05) is 19.7 Å². The lowest BCUT2D eigenvalue weighted by Gasteiger charge is -2.31. The molecule has 0 saturated carbocycles. The molecule has 1 aliphatic rings. The Morgan fingerprint density at radius 3 is 2.81 bits per heavy atom. The molecule has 1 amide bonds. The molecule has 1 aliphatic heterocycles. The van der Waals surface area contributed by atoms with Crippen molar-refractivity contribution in [3.8, 4) is 5.75 Å². The third-order valence-corrected chi connectivity index (χ3v) is 4.75. The van der Waals surface area contributed by atoms with Crippen molar-refractivity contribution in [2.24, 2.45) is 0 Å². The van der Waals surface area contributed by atoms with Crippen LogP contribution in [0.25, 0.3) is 0 Å². The number of pyridine rings is 1. The third-order valence-electron chi connectivity index (χ3n) is 4.75. The number of benzene rings is 1.